The topological polar surface area (TPSA) is 60.1 Å². The van der Waals surface area contributed by atoms with E-state index in [9.17, 15) is 0 Å². The van der Waals surface area contributed by atoms with Crippen LogP contribution >= 0.6 is 0 Å². The monoisotopic (exact) mass is 297 g/mol. The first-order valence-electron chi connectivity index (χ1n) is 8.03. The van der Waals surface area contributed by atoms with Gasteiger partial charge in [-0.1, -0.05) is 19.3 Å². The molecule has 5 heteroatoms. The van der Waals surface area contributed by atoms with E-state index in [1.165, 1.54) is 32.1 Å². The van der Waals surface area contributed by atoms with Crippen molar-refractivity contribution < 1.29 is 9.47 Å². The van der Waals surface area contributed by atoms with Gasteiger partial charge < -0.3 is 14.0 Å². The number of rotatable bonds is 3. The van der Waals surface area contributed by atoms with Crippen molar-refractivity contribution in [2.24, 2.45) is 0 Å². The molecule has 0 saturated heterocycles. The van der Waals surface area contributed by atoms with E-state index < -0.39 is 0 Å². The molecule has 22 heavy (non-hydrogen) atoms. The highest BCUT2D eigenvalue weighted by atomic mass is 16.7. The second-order valence-electron chi connectivity index (χ2n) is 6.06. The molecule has 5 nitrogen and oxygen atoms in total. The lowest BCUT2D eigenvalue weighted by atomic mass is 9.88. The number of hydrogen-bond donors (Lipinski definition) is 0. The van der Waals surface area contributed by atoms with Crippen LogP contribution in [0.2, 0.25) is 0 Å². The zero-order valence-electron chi connectivity index (χ0n) is 12.5. The zero-order valence-corrected chi connectivity index (χ0v) is 12.5. The molecule has 2 aliphatic rings. The maximum atomic E-state index is 8.96. The van der Waals surface area contributed by atoms with Crippen molar-refractivity contribution in [2.75, 3.05) is 6.79 Å². The summed E-state index contributed by atoms with van der Waals surface area (Å²) in [6.45, 7) is 0.966. The Kier molecular flexibility index (Phi) is 3.38. The normalized spacial score (nSPS) is 17.8. The number of hydrogen-bond acceptors (Lipinski definition) is 4. The zero-order chi connectivity index (χ0) is 14.9. The van der Waals surface area contributed by atoms with Crippen molar-refractivity contribution in [3.8, 4) is 17.6 Å². The predicted octanol–water partition coefficient (Wildman–Crippen LogP) is 3.73. The van der Waals surface area contributed by atoms with Gasteiger partial charge in [0.1, 0.15) is 5.82 Å². The van der Waals surface area contributed by atoms with Crippen LogP contribution in [0.5, 0.6) is 11.5 Å². The Morgan fingerprint density at radius 1 is 1.18 bits per heavy atom. The van der Waals surface area contributed by atoms with Crippen molar-refractivity contribution in [3.63, 3.8) is 0 Å². The fourth-order valence-corrected chi connectivity index (χ4v) is 3.60. The molecule has 1 aliphatic heterocycles. The van der Waals surface area contributed by atoms with Gasteiger partial charge in [0.25, 0.3) is 0 Å². The lowest BCUT2D eigenvalue weighted by molar-refractivity contribution is 0.174. The Labute approximate surface area is 129 Å². The number of aryl methyl sites for hydroxylation is 1. The van der Waals surface area contributed by atoms with E-state index in [0.717, 1.165) is 28.4 Å². The number of aromatic nitrogens is 2. The molecule has 114 valence electrons. The highest BCUT2D eigenvalue weighted by Gasteiger charge is 2.24. The Bertz CT molecular complexity index is 738. The summed E-state index contributed by atoms with van der Waals surface area (Å²) >= 11 is 0. The van der Waals surface area contributed by atoms with E-state index in [2.05, 4.69) is 10.6 Å². The van der Waals surface area contributed by atoms with Crippen molar-refractivity contribution in [2.45, 2.75) is 51.0 Å². The van der Waals surface area contributed by atoms with Crippen molar-refractivity contribution >= 4 is 11.0 Å². The summed E-state index contributed by atoms with van der Waals surface area (Å²) in [6.07, 6.45) is 6.76. The molecule has 0 amide bonds. The number of fused-ring (bicyclic) bond motifs is 2. The smallest absolute Gasteiger partial charge is 0.231 e. The van der Waals surface area contributed by atoms with Crippen molar-refractivity contribution in [1.29, 1.82) is 5.26 Å². The summed E-state index contributed by atoms with van der Waals surface area (Å²) in [5, 5.41) is 8.96. The second kappa shape index (κ2) is 5.53. The second-order valence-corrected chi connectivity index (χ2v) is 6.06. The van der Waals surface area contributed by atoms with Crippen LogP contribution in [0.15, 0.2) is 12.1 Å². The van der Waals surface area contributed by atoms with Crippen LogP contribution in [0, 0.1) is 11.3 Å². The molecule has 1 fully saturated rings. The summed E-state index contributed by atoms with van der Waals surface area (Å²) in [6, 6.07) is 6.22. The minimum Gasteiger partial charge on any atom is -0.454 e. The Morgan fingerprint density at radius 2 is 1.95 bits per heavy atom. The van der Waals surface area contributed by atoms with Crippen LogP contribution in [0.3, 0.4) is 0 Å². The molecule has 0 spiro atoms. The van der Waals surface area contributed by atoms with E-state index in [0.29, 0.717) is 18.9 Å². The molecule has 0 N–H and O–H groups in total. The predicted molar refractivity (Wildman–Crippen MR) is 81.9 cm³/mol. The minimum atomic E-state index is 0.273. The Hall–Kier alpha value is -2.22. The van der Waals surface area contributed by atoms with Crippen LogP contribution in [0.1, 0.15) is 50.3 Å². The van der Waals surface area contributed by atoms with Crippen LogP contribution < -0.4 is 9.47 Å². The van der Waals surface area contributed by atoms with Gasteiger partial charge in [0.2, 0.25) is 6.79 Å². The third-order valence-electron chi connectivity index (χ3n) is 4.69. The molecule has 0 radical (unpaired) electrons. The molecule has 0 bridgehead atoms. The molecule has 1 aliphatic carbocycles. The first kappa shape index (κ1) is 13.4. The summed E-state index contributed by atoms with van der Waals surface area (Å²) < 4.78 is 13.2. The minimum absolute atomic E-state index is 0.273. The van der Waals surface area contributed by atoms with Crippen molar-refractivity contribution in [1.82, 2.24) is 9.55 Å². The van der Waals surface area contributed by atoms with E-state index in [1.807, 2.05) is 12.1 Å². The number of nitriles is 1. The molecule has 4 rings (SSSR count). The lowest BCUT2D eigenvalue weighted by Crippen LogP contribution is -2.12. The maximum Gasteiger partial charge on any atom is 0.231 e. The number of nitrogens with zero attached hydrogens (tertiary/aromatic N) is 3. The van der Waals surface area contributed by atoms with Gasteiger partial charge in [-0.05, 0) is 12.8 Å². The molecule has 1 aromatic heterocycles. The van der Waals surface area contributed by atoms with Crippen LogP contribution in [0.4, 0.5) is 0 Å². The molecule has 2 heterocycles. The molecular weight excluding hydrogens is 278 g/mol. The first-order chi connectivity index (χ1) is 10.9. The first-order valence-corrected chi connectivity index (χ1v) is 8.03. The fraction of sp³-hybridized carbons (Fsp3) is 0.529. The highest BCUT2D eigenvalue weighted by molar-refractivity contribution is 5.81. The average molecular weight is 297 g/mol. The molecule has 0 atom stereocenters. The Morgan fingerprint density at radius 3 is 2.73 bits per heavy atom. The van der Waals surface area contributed by atoms with E-state index >= 15 is 0 Å². The molecule has 1 saturated carbocycles. The summed E-state index contributed by atoms with van der Waals surface area (Å²) in [5.41, 5.74) is 2.00. The van der Waals surface area contributed by atoms with Crippen LogP contribution in [-0.4, -0.2) is 16.3 Å². The van der Waals surface area contributed by atoms with E-state index in [1.54, 1.807) is 0 Å². The summed E-state index contributed by atoms with van der Waals surface area (Å²) in [4.78, 5) is 4.88. The third kappa shape index (κ3) is 2.19. The lowest BCUT2D eigenvalue weighted by Gasteiger charge is -2.22. The number of benzene rings is 1. The van der Waals surface area contributed by atoms with Gasteiger partial charge in [-0.3, -0.25) is 0 Å². The van der Waals surface area contributed by atoms with Crippen molar-refractivity contribution in [3.05, 3.63) is 18.0 Å². The fourth-order valence-electron chi connectivity index (χ4n) is 3.60. The van der Waals surface area contributed by atoms with Crippen LogP contribution in [-0.2, 0) is 6.54 Å². The molecular formula is C17H19N3O2. The summed E-state index contributed by atoms with van der Waals surface area (Å²) in [7, 11) is 0. The van der Waals surface area contributed by atoms with Gasteiger partial charge in [-0.25, -0.2) is 4.98 Å². The number of ether oxygens (including phenoxy) is 2. The third-order valence-corrected chi connectivity index (χ3v) is 4.69. The van der Waals surface area contributed by atoms with Gasteiger partial charge in [0, 0.05) is 24.6 Å². The van der Waals surface area contributed by atoms with Crippen LogP contribution in [0.25, 0.3) is 11.0 Å². The molecule has 2 aromatic rings. The van der Waals surface area contributed by atoms with Gasteiger partial charge in [-0.2, -0.15) is 5.26 Å². The van der Waals surface area contributed by atoms with Gasteiger partial charge in [-0.15, -0.1) is 0 Å². The SMILES string of the molecule is N#CCCn1c(C2CCCCC2)nc2cc3c(cc21)OCO3. The largest absolute Gasteiger partial charge is 0.454 e. The Balaban J connectivity index is 1.82. The molecule has 1 aromatic carbocycles. The highest BCUT2D eigenvalue weighted by Crippen LogP contribution is 2.39. The van der Waals surface area contributed by atoms with Gasteiger partial charge in [0.15, 0.2) is 11.5 Å². The quantitative estimate of drug-likeness (QED) is 0.866. The number of imidazole rings is 1. The maximum absolute atomic E-state index is 8.96. The summed E-state index contributed by atoms with van der Waals surface area (Å²) in [5.74, 6) is 3.19. The standard InChI is InChI=1S/C17H19N3O2/c18-7-4-8-20-14-10-16-15(21-11-22-16)9-13(14)19-17(20)12-5-2-1-3-6-12/h9-10,12H,1-6,8,11H2. The average Bonchev–Trinajstić information content (AvgIpc) is 3.15. The van der Waals surface area contributed by atoms with E-state index in [-0.39, 0.29) is 6.79 Å². The van der Waals surface area contributed by atoms with Gasteiger partial charge >= 0.3 is 0 Å². The van der Waals surface area contributed by atoms with E-state index in [4.69, 9.17) is 19.7 Å². The van der Waals surface area contributed by atoms with Gasteiger partial charge in [0.05, 0.1) is 23.5 Å². The molecule has 0 unspecified atom stereocenters.